The molecular weight excluding hydrogens is 875 g/mol. The summed E-state index contributed by atoms with van der Waals surface area (Å²) in [5.41, 5.74) is 12.6. The number of nitrogens with zero attached hydrogens (tertiary/aromatic N) is 2. The number of rotatable bonds is 5. The molecule has 0 atom stereocenters. The summed E-state index contributed by atoms with van der Waals surface area (Å²) in [6.07, 6.45) is 0. The van der Waals surface area contributed by atoms with Gasteiger partial charge in [-0.05, 0) is 89.8 Å². The molecule has 0 unspecified atom stereocenters. The van der Waals surface area contributed by atoms with E-state index in [0.29, 0.717) is 13.1 Å². The minimum absolute atomic E-state index is 0.0704. The highest BCUT2D eigenvalue weighted by Gasteiger charge is 2.32. The summed E-state index contributed by atoms with van der Waals surface area (Å²) < 4.78 is 34.1. The van der Waals surface area contributed by atoms with Crippen molar-refractivity contribution < 1.29 is 16.8 Å². The van der Waals surface area contributed by atoms with Gasteiger partial charge in [0.05, 0.1) is 0 Å². The van der Waals surface area contributed by atoms with Crippen molar-refractivity contribution in [1.29, 1.82) is 0 Å². The van der Waals surface area contributed by atoms with Crippen LogP contribution in [0.15, 0.2) is 65.3 Å². The molecule has 0 bridgehead atoms. The van der Waals surface area contributed by atoms with Gasteiger partial charge < -0.3 is 16.8 Å². The van der Waals surface area contributed by atoms with E-state index in [0.717, 1.165) is 43.9 Å². The van der Waals surface area contributed by atoms with E-state index < -0.39 is 16.3 Å². The van der Waals surface area contributed by atoms with Gasteiger partial charge in [0, 0.05) is 71.0 Å². The summed E-state index contributed by atoms with van der Waals surface area (Å²) >= 11 is 0. The highest BCUT2D eigenvalue weighted by Crippen LogP contribution is 2.48. The van der Waals surface area contributed by atoms with Gasteiger partial charge in [0.25, 0.3) is 0 Å². The van der Waals surface area contributed by atoms with Crippen molar-refractivity contribution in [2.24, 2.45) is 0 Å². The van der Waals surface area contributed by atoms with Crippen LogP contribution < -0.4 is 9.34 Å². The van der Waals surface area contributed by atoms with Gasteiger partial charge in [-0.15, -0.1) is 0 Å². The number of hydrogen-bond donors (Lipinski definition) is 0. The molecule has 6 nitrogen and oxygen atoms in total. The Morgan fingerprint density at radius 1 is 0.294 bits per heavy atom. The van der Waals surface area contributed by atoms with Crippen molar-refractivity contribution in [2.75, 3.05) is 36.5 Å². The maximum atomic E-state index is 7.39. The van der Waals surface area contributed by atoms with E-state index in [2.05, 4.69) is 238 Å². The molecule has 4 aromatic carbocycles. The Hall–Kier alpha value is -3.40. The van der Waals surface area contributed by atoms with Crippen LogP contribution in [0.4, 0.5) is 0 Å². The van der Waals surface area contributed by atoms with E-state index in [1.165, 1.54) is 44.5 Å². The molecule has 6 aromatic rings. The molecule has 0 saturated heterocycles. The van der Waals surface area contributed by atoms with Gasteiger partial charge in [-0.2, -0.15) is 0 Å². The molecule has 0 aliphatic heterocycles. The molecule has 0 radical (unpaired) electrons. The predicted octanol–water partition coefficient (Wildman–Crippen LogP) is 19.1. The highest BCUT2D eigenvalue weighted by molar-refractivity contribution is 7.39. The molecule has 6 rings (SSSR count). The van der Waals surface area contributed by atoms with Crippen molar-refractivity contribution in [3.8, 4) is 0 Å². The SMILES string of the molecule is CN(CCN(C)p1oc2c(C(C)(C)C)cc(C(C)(C)C)cc2c2cc(C(C)(C)C)cc(C(C)(C)C)c2o1)p1oc2c(C(C)(C)C)cc(C(C)(C)C)cc2c2cc(C(C)(C)C)cc(C(C)(C)C)c2o1. The lowest BCUT2D eigenvalue weighted by Crippen LogP contribution is -2.27. The fourth-order valence-corrected chi connectivity index (χ4v) is 11.3. The van der Waals surface area contributed by atoms with Crippen LogP contribution in [0.1, 0.15) is 211 Å². The first-order chi connectivity index (χ1) is 30.6. The molecular formula is C60H90N2O4P2. The van der Waals surface area contributed by atoms with Gasteiger partial charge in [-0.3, -0.25) is 0 Å². The number of likely N-dealkylation sites (N-methyl/N-ethyl adjacent to an activating group) is 2. The van der Waals surface area contributed by atoms with Crippen LogP contribution in [0.25, 0.3) is 43.9 Å². The molecule has 8 heteroatoms. The van der Waals surface area contributed by atoms with Gasteiger partial charge >= 0.3 is 16.3 Å². The molecule has 2 heterocycles. The Kier molecular flexibility index (Phi) is 14.1. The maximum absolute atomic E-state index is 7.39. The normalized spacial score (nSPS) is 14.1. The lowest BCUT2D eigenvalue weighted by atomic mass is 9.77. The topological polar surface area (TPSA) is 59.0 Å². The third-order valence-corrected chi connectivity index (χ3v) is 16.5. The van der Waals surface area contributed by atoms with E-state index in [1.807, 2.05) is 0 Å². The zero-order valence-corrected chi connectivity index (χ0v) is 49.2. The minimum atomic E-state index is -1.61. The first-order valence-electron chi connectivity index (χ1n) is 25.1. The summed E-state index contributed by atoms with van der Waals surface area (Å²) in [6, 6.07) is 19.1. The van der Waals surface area contributed by atoms with E-state index >= 15 is 0 Å². The second-order valence-electron chi connectivity index (χ2n) is 28.2. The van der Waals surface area contributed by atoms with Gasteiger partial charge in [-0.1, -0.05) is 190 Å². The van der Waals surface area contributed by atoms with E-state index in [-0.39, 0.29) is 43.3 Å². The fraction of sp³-hybridized carbons (Fsp3) is 0.600. The van der Waals surface area contributed by atoms with Gasteiger partial charge in [0.15, 0.2) is 0 Å². The highest BCUT2D eigenvalue weighted by atomic mass is 31.1. The Morgan fingerprint density at radius 2 is 0.471 bits per heavy atom. The Bertz CT molecular complexity index is 2560. The predicted molar refractivity (Wildman–Crippen MR) is 300 cm³/mol. The molecule has 0 N–H and O–H groups in total. The molecule has 0 aliphatic rings. The van der Waals surface area contributed by atoms with Crippen molar-refractivity contribution >= 4 is 60.2 Å². The fourth-order valence-electron chi connectivity index (χ4n) is 8.75. The van der Waals surface area contributed by atoms with Crippen LogP contribution in [0.5, 0.6) is 0 Å². The second-order valence-corrected chi connectivity index (χ2v) is 31.3. The molecule has 0 saturated carbocycles. The summed E-state index contributed by atoms with van der Waals surface area (Å²) in [7, 11) is 1.07. The summed E-state index contributed by atoms with van der Waals surface area (Å²) in [5.74, 6) is 0. The van der Waals surface area contributed by atoms with Crippen molar-refractivity contribution in [2.45, 2.75) is 209 Å². The minimum Gasteiger partial charge on any atom is -0.407 e. The molecule has 374 valence electrons. The zero-order valence-electron chi connectivity index (χ0n) is 47.5. The lowest BCUT2D eigenvalue weighted by molar-refractivity contribution is 0.550. The second kappa shape index (κ2) is 17.7. The largest absolute Gasteiger partial charge is 0.407 e. The van der Waals surface area contributed by atoms with Crippen molar-refractivity contribution in [1.82, 2.24) is 0 Å². The van der Waals surface area contributed by atoms with Crippen LogP contribution in [-0.2, 0) is 43.3 Å². The quantitative estimate of drug-likeness (QED) is 0.172. The number of fused-ring (bicyclic) bond motifs is 6. The third-order valence-electron chi connectivity index (χ3n) is 13.6. The van der Waals surface area contributed by atoms with Crippen molar-refractivity contribution in [3.63, 3.8) is 0 Å². The van der Waals surface area contributed by atoms with Gasteiger partial charge in [0.2, 0.25) is 0 Å². The molecule has 0 amide bonds. The summed E-state index contributed by atoms with van der Waals surface area (Å²) in [6.45, 7) is 56.6. The third kappa shape index (κ3) is 11.2. The van der Waals surface area contributed by atoms with Crippen LogP contribution in [0, 0.1) is 0 Å². The molecule has 68 heavy (non-hydrogen) atoms. The standard InChI is InChI=1S/C60H90N2O4P2/c1-53(2,3)37-29-41-42-30-38(54(4,5)6)34-46(58(16,17)18)50(42)64-67(63-49(41)45(33-37)57(13,14)15)61(25)27-28-62(26)68-65-51-43(31-39(55(7,8)9)35-47(51)59(19,20)21)44-32-40(56(10,11)12)36-48(52(44)66-68)60(22,23)24/h29-36H,27-28H2,1-26H3. The van der Waals surface area contributed by atoms with Gasteiger partial charge in [-0.25, -0.2) is 9.34 Å². The van der Waals surface area contributed by atoms with Crippen LogP contribution in [-0.4, -0.2) is 27.2 Å². The average Bonchev–Trinajstić information content (AvgIpc) is 3.43. The molecule has 0 fully saturated rings. The Morgan fingerprint density at radius 3 is 0.618 bits per heavy atom. The smallest absolute Gasteiger partial charge is 0.309 e. The van der Waals surface area contributed by atoms with Crippen molar-refractivity contribution in [3.05, 3.63) is 93.0 Å². The zero-order chi connectivity index (χ0) is 51.4. The monoisotopic (exact) mass is 965 g/mol. The van der Waals surface area contributed by atoms with Gasteiger partial charge in [0.1, 0.15) is 22.3 Å². The summed E-state index contributed by atoms with van der Waals surface area (Å²) in [4.78, 5) is 0. The Balaban J connectivity index is 1.64. The lowest BCUT2D eigenvalue weighted by Gasteiger charge is -2.27. The molecule has 0 spiro atoms. The molecule has 0 aliphatic carbocycles. The van der Waals surface area contributed by atoms with E-state index in [4.69, 9.17) is 16.8 Å². The average molecular weight is 965 g/mol. The Labute approximate surface area is 414 Å². The first-order valence-corrected chi connectivity index (χ1v) is 27.4. The van der Waals surface area contributed by atoms with E-state index in [1.54, 1.807) is 0 Å². The first kappa shape index (κ1) is 53.9. The maximum Gasteiger partial charge on any atom is 0.309 e. The number of benzene rings is 4. The molecule has 2 aromatic heterocycles. The van der Waals surface area contributed by atoms with Crippen LogP contribution in [0.3, 0.4) is 0 Å². The number of hydrogen-bond acceptors (Lipinski definition) is 6. The van der Waals surface area contributed by atoms with E-state index in [9.17, 15) is 0 Å². The summed E-state index contributed by atoms with van der Waals surface area (Å²) in [5, 5.41) is 4.44. The van der Waals surface area contributed by atoms with Crippen LogP contribution in [0.2, 0.25) is 0 Å². The van der Waals surface area contributed by atoms with Crippen LogP contribution >= 0.6 is 16.3 Å².